The van der Waals surface area contributed by atoms with Crippen LogP contribution in [-0.2, 0) is 12.0 Å². The molecule has 0 spiro atoms. The highest BCUT2D eigenvalue weighted by molar-refractivity contribution is 5.67. The van der Waals surface area contributed by atoms with Gasteiger partial charge >= 0.3 is 6.09 Å². The number of nitrogens with zero attached hydrogens (tertiary/aromatic N) is 1. The van der Waals surface area contributed by atoms with Gasteiger partial charge in [-0.2, -0.15) is 0 Å². The number of rotatable bonds is 2. The predicted octanol–water partition coefficient (Wildman–Crippen LogP) is 3.79. The zero-order valence-electron chi connectivity index (χ0n) is 11.9. The number of hydrogen-bond acceptors (Lipinski definition) is 1. The van der Waals surface area contributed by atoms with Crippen molar-refractivity contribution >= 4 is 6.09 Å². The zero-order chi connectivity index (χ0) is 14.2. The van der Waals surface area contributed by atoms with Crippen molar-refractivity contribution in [3.05, 3.63) is 47.5 Å². The van der Waals surface area contributed by atoms with E-state index in [2.05, 4.69) is 30.4 Å². The topological polar surface area (TPSA) is 40.5 Å². The standard InChI is InChI=1S/C17H21NO2/c1-2-18(16(19)20)17-12-6-5-8-14(17)11-10-13-7-3-4-9-15(13)17/h3-7,9,14H,2,8,10-12H2,1H3,(H,19,20). The molecule has 1 amide bonds. The van der Waals surface area contributed by atoms with Crippen molar-refractivity contribution in [1.82, 2.24) is 4.90 Å². The molecule has 3 rings (SSSR count). The minimum absolute atomic E-state index is 0.357. The van der Waals surface area contributed by atoms with Crippen LogP contribution in [0.5, 0.6) is 0 Å². The van der Waals surface area contributed by atoms with Crippen LogP contribution >= 0.6 is 0 Å². The second kappa shape index (κ2) is 4.97. The van der Waals surface area contributed by atoms with Gasteiger partial charge in [-0.15, -0.1) is 0 Å². The molecule has 1 aromatic carbocycles. The van der Waals surface area contributed by atoms with Crippen LogP contribution in [0.4, 0.5) is 4.79 Å². The van der Waals surface area contributed by atoms with Gasteiger partial charge in [-0.3, -0.25) is 4.90 Å². The maximum absolute atomic E-state index is 11.8. The summed E-state index contributed by atoms with van der Waals surface area (Å²) in [7, 11) is 0. The highest BCUT2D eigenvalue weighted by Crippen LogP contribution is 2.50. The van der Waals surface area contributed by atoms with E-state index in [9.17, 15) is 9.90 Å². The Morgan fingerprint density at radius 1 is 1.40 bits per heavy atom. The van der Waals surface area contributed by atoms with Crippen LogP contribution in [0, 0.1) is 5.92 Å². The summed E-state index contributed by atoms with van der Waals surface area (Å²) in [5, 5.41) is 9.69. The number of hydrogen-bond donors (Lipinski definition) is 1. The van der Waals surface area contributed by atoms with Gasteiger partial charge < -0.3 is 5.11 Å². The lowest BCUT2D eigenvalue weighted by molar-refractivity contribution is 0.0236. The van der Waals surface area contributed by atoms with Crippen LogP contribution in [-0.4, -0.2) is 22.6 Å². The molecule has 0 aliphatic heterocycles. The Hall–Kier alpha value is -1.77. The zero-order valence-corrected chi connectivity index (χ0v) is 11.9. The van der Waals surface area contributed by atoms with Crippen molar-refractivity contribution in [3.63, 3.8) is 0 Å². The van der Waals surface area contributed by atoms with Crippen molar-refractivity contribution in [2.75, 3.05) is 6.54 Å². The summed E-state index contributed by atoms with van der Waals surface area (Å²) in [6, 6.07) is 8.38. The van der Waals surface area contributed by atoms with E-state index >= 15 is 0 Å². The van der Waals surface area contributed by atoms with Crippen LogP contribution in [0.25, 0.3) is 0 Å². The molecule has 0 bridgehead atoms. The van der Waals surface area contributed by atoms with Crippen molar-refractivity contribution in [2.45, 2.75) is 38.1 Å². The van der Waals surface area contributed by atoms with Crippen LogP contribution in [0.15, 0.2) is 36.4 Å². The molecule has 0 aromatic heterocycles. The molecule has 0 radical (unpaired) electrons. The maximum atomic E-state index is 11.8. The van der Waals surface area contributed by atoms with Gasteiger partial charge in [-0.05, 0) is 49.7 Å². The predicted molar refractivity (Wildman–Crippen MR) is 78.7 cm³/mol. The number of benzene rings is 1. The van der Waals surface area contributed by atoms with Crippen LogP contribution in [0.2, 0.25) is 0 Å². The molecule has 0 heterocycles. The molecule has 20 heavy (non-hydrogen) atoms. The normalized spacial score (nSPS) is 27.6. The van der Waals surface area contributed by atoms with E-state index in [1.54, 1.807) is 4.90 Å². The van der Waals surface area contributed by atoms with Gasteiger partial charge in [-0.25, -0.2) is 4.79 Å². The first-order chi connectivity index (χ1) is 9.70. The van der Waals surface area contributed by atoms with Crippen molar-refractivity contribution in [2.24, 2.45) is 5.92 Å². The number of carboxylic acid groups (broad SMARTS) is 1. The quantitative estimate of drug-likeness (QED) is 0.831. The van der Waals surface area contributed by atoms with Gasteiger partial charge in [0.15, 0.2) is 0 Å². The second-order valence-electron chi connectivity index (χ2n) is 5.76. The molecule has 3 heteroatoms. The Morgan fingerprint density at radius 2 is 2.20 bits per heavy atom. The van der Waals surface area contributed by atoms with Crippen LogP contribution in [0.3, 0.4) is 0 Å². The SMILES string of the molecule is CCN(C(=O)O)C12CC=CCC1CCc1ccccc12. The lowest BCUT2D eigenvalue weighted by Gasteiger charge is -2.52. The van der Waals surface area contributed by atoms with Crippen molar-refractivity contribution in [3.8, 4) is 0 Å². The van der Waals surface area contributed by atoms with Crippen molar-refractivity contribution < 1.29 is 9.90 Å². The first-order valence-electron chi connectivity index (χ1n) is 7.44. The van der Waals surface area contributed by atoms with Gasteiger partial charge in [0.1, 0.15) is 0 Å². The molecule has 3 nitrogen and oxygen atoms in total. The van der Waals surface area contributed by atoms with E-state index in [4.69, 9.17) is 0 Å². The molecule has 0 fully saturated rings. The van der Waals surface area contributed by atoms with Gasteiger partial charge in [0.2, 0.25) is 0 Å². The Kier molecular flexibility index (Phi) is 3.28. The fourth-order valence-electron chi connectivity index (χ4n) is 4.13. The third-order valence-electron chi connectivity index (χ3n) is 4.97. The van der Waals surface area contributed by atoms with Gasteiger partial charge in [0.25, 0.3) is 0 Å². The third-order valence-corrected chi connectivity index (χ3v) is 4.97. The molecular formula is C17H21NO2. The molecular weight excluding hydrogens is 250 g/mol. The second-order valence-corrected chi connectivity index (χ2v) is 5.76. The summed E-state index contributed by atoms with van der Waals surface area (Å²) in [6.07, 6.45) is 7.49. The average molecular weight is 271 g/mol. The summed E-state index contributed by atoms with van der Waals surface area (Å²) in [6.45, 7) is 2.48. The van der Waals surface area contributed by atoms with Gasteiger partial charge in [0.05, 0.1) is 5.54 Å². The van der Waals surface area contributed by atoms with E-state index in [-0.39, 0.29) is 5.54 Å². The summed E-state index contributed by atoms with van der Waals surface area (Å²) in [5.74, 6) is 0.401. The van der Waals surface area contributed by atoms with Crippen LogP contribution < -0.4 is 0 Å². The molecule has 2 aliphatic rings. The first kappa shape index (κ1) is 13.2. The minimum Gasteiger partial charge on any atom is -0.465 e. The highest BCUT2D eigenvalue weighted by Gasteiger charge is 2.49. The lowest BCUT2D eigenvalue weighted by atomic mass is 9.63. The first-order valence-corrected chi connectivity index (χ1v) is 7.44. The average Bonchev–Trinajstić information content (AvgIpc) is 2.47. The molecule has 0 saturated carbocycles. The van der Waals surface area contributed by atoms with E-state index in [1.807, 2.05) is 13.0 Å². The fraction of sp³-hybridized carbons (Fsp3) is 0.471. The summed E-state index contributed by atoms with van der Waals surface area (Å²) < 4.78 is 0. The third kappa shape index (κ3) is 1.76. The Morgan fingerprint density at radius 3 is 2.95 bits per heavy atom. The highest BCUT2D eigenvalue weighted by atomic mass is 16.4. The summed E-state index contributed by atoms with van der Waals surface area (Å²) in [5.41, 5.74) is 2.19. The minimum atomic E-state index is -0.801. The summed E-state index contributed by atoms with van der Waals surface area (Å²) in [4.78, 5) is 13.5. The Labute approximate surface area is 119 Å². The number of amides is 1. The van der Waals surface area contributed by atoms with E-state index in [0.29, 0.717) is 12.5 Å². The monoisotopic (exact) mass is 271 g/mol. The lowest BCUT2D eigenvalue weighted by Crippen LogP contribution is -2.56. The number of allylic oxidation sites excluding steroid dienone is 1. The van der Waals surface area contributed by atoms with E-state index in [1.165, 1.54) is 11.1 Å². The number of fused-ring (bicyclic) bond motifs is 3. The molecule has 2 aliphatic carbocycles. The Balaban J connectivity index is 2.20. The smallest absolute Gasteiger partial charge is 0.408 e. The van der Waals surface area contributed by atoms with Crippen molar-refractivity contribution in [1.29, 1.82) is 0 Å². The van der Waals surface area contributed by atoms with Gasteiger partial charge in [0, 0.05) is 6.54 Å². The number of aryl methyl sites for hydroxylation is 1. The fourth-order valence-corrected chi connectivity index (χ4v) is 4.13. The molecule has 1 aromatic rings. The van der Waals surface area contributed by atoms with E-state index < -0.39 is 6.09 Å². The van der Waals surface area contributed by atoms with Gasteiger partial charge in [-0.1, -0.05) is 36.4 Å². The van der Waals surface area contributed by atoms with Crippen LogP contribution in [0.1, 0.15) is 37.3 Å². The largest absolute Gasteiger partial charge is 0.465 e. The van der Waals surface area contributed by atoms with E-state index in [0.717, 1.165) is 25.7 Å². The number of carbonyl (C=O) groups is 1. The molecule has 2 unspecified atom stereocenters. The molecule has 2 atom stereocenters. The molecule has 106 valence electrons. The summed E-state index contributed by atoms with van der Waals surface area (Å²) >= 11 is 0. The Bertz CT molecular complexity index is 552. The molecule has 0 saturated heterocycles. The maximum Gasteiger partial charge on any atom is 0.408 e. The molecule has 1 N–H and O–H groups in total.